The fourth-order valence-corrected chi connectivity index (χ4v) is 6.31. The standard InChI is InChI=1S/C24H19Cl3N2O5/c25-12-3-5-13(6-4-12)28-17(30)10-34-24(33)11-1-7-14(8-2-11)29-22(31)18-15-9-16(19(18)23(29)32)21(27)20(15)26/h1-8,15-16,18-21H,9-10H2,(H,28,30)/t15-,16-,18-,19+,20-,21+/m1/s1. The molecule has 34 heavy (non-hydrogen) atoms. The van der Waals surface area contributed by atoms with Crippen molar-refractivity contribution in [1.29, 1.82) is 0 Å². The van der Waals surface area contributed by atoms with Crippen LogP contribution in [0.25, 0.3) is 0 Å². The van der Waals surface area contributed by atoms with Crippen LogP contribution in [0.15, 0.2) is 48.5 Å². The summed E-state index contributed by atoms with van der Waals surface area (Å²) in [6, 6.07) is 12.4. The molecular weight excluding hydrogens is 503 g/mol. The molecule has 0 unspecified atom stereocenters. The van der Waals surface area contributed by atoms with E-state index in [0.717, 1.165) is 0 Å². The molecule has 2 aromatic rings. The summed E-state index contributed by atoms with van der Waals surface area (Å²) in [7, 11) is 0. The third-order valence-corrected chi connectivity index (χ3v) is 8.38. The number of nitrogens with zero attached hydrogens (tertiary/aromatic N) is 1. The predicted molar refractivity (Wildman–Crippen MR) is 127 cm³/mol. The molecule has 2 saturated carbocycles. The molecule has 3 amide bonds. The Hall–Kier alpha value is -2.61. The number of anilines is 2. The summed E-state index contributed by atoms with van der Waals surface area (Å²) >= 11 is 18.6. The number of amides is 3. The number of nitrogens with one attached hydrogen (secondary N) is 1. The number of carbonyl (C=O) groups is 4. The van der Waals surface area contributed by atoms with E-state index in [0.29, 0.717) is 22.8 Å². The molecule has 2 aliphatic carbocycles. The Kier molecular flexibility index (Phi) is 6.04. The summed E-state index contributed by atoms with van der Waals surface area (Å²) in [5.74, 6) is -2.85. The third kappa shape index (κ3) is 3.85. The molecule has 0 radical (unpaired) electrons. The van der Waals surface area contributed by atoms with Crippen LogP contribution >= 0.6 is 34.8 Å². The Morgan fingerprint density at radius 2 is 1.47 bits per heavy atom. The van der Waals surface area contributed by atoms with Gasteiger partial charge in [-0.15, -0.1) is 23.2 Å². The zero-order valence-corrected chi connectivity index (χ0v) is 19.9. The minimum atomic E-state index is -0.707. The first-order chi connectivity index (χ1) is 16.3. The van der Waals surface area contributed by atoms with Crippen LogP contribution in [0.2, 0.25) is 5.02 Å². The van der Waals surface area contributed by atoms with Crippen molar-refractivity contribution >= 4 is 69.9 Å². The van der Waals surface area contributed by atoms with E-state index in [9.17, 15) is 19.2 Å². The summed E-state index contributed by atoms with van der Waals surface area (Å²) in [5, 5.41) is 2.49. The number of alkyl halides is 2. The SMILES string of the molecule is O=C(COC(=O)c1ccc(N2C(=O)[C@@H]3[C@H]4C[C@@H]([C@H](Cl)[C@@H]4Cl)[C@@H]3C2=O)cc1)Nc1ccc(Cl)cc1. The van der Waals surface area contributed by atoms with Crippen LogP contribution in [0.4, 0.5) is 11.4 Å². The molecule has 2 bridgehead atoms. The van der Waals surface area contributed by atoms with E-state index < -0.39 is 30.3 Å². The minimum absolute atomic E-state index is 0.103. The van der Waals surface area contributed by atoms with Gasteiger partial charge in [0.05, 0.1) is 33.8 Å². The Morgan fingerprint density at radius 1 is 0.912 bits per heavy atom. The van der Waals surface area contributed by atoms with E-state index in [1.807, 2.05) is 0 Å². The molecule has 2 aromatic carbocycles. The molecular formula is C24H19Cl3N2O5. The summed E-state index contributed by atoms with van der Waals surface area (Å²) < 4.78 is 5.06. The molecule has 7 nitrogen and oxygen atoms in total. The van der Waals surface area contributed by atoms with Gasteiger partial charge in [0.1, 0.15) is 0 Å². The van der Waals surface area contributed by atoms with E-state index >= 15 is 0 Å². The van der Waals surface area contributed by atoms with Crippen LogP contribution in [0.5, 0.6) is 0 Å². The van der Waals surface area contributed by atoms with Gasteiger partial charge < -0.3 is 10.1 Å². The topological polar surface area (TPSA) is 92.8 Å². The minimum Gasteiger partial charge on any atom is -0.452 e. The number of rotatable bonds is 5. The first-order valence-electron chi connectivity index (χ1n) is 10.7. The maximum atomic E-state index is 13.1. The van der Waals surface area contributed by atoms with Gasteiger partial charge >= 0.3 is 5.97 Å². The quantitative estimate of drug-likeness (QED) is 0.363. The maximum Gasteiger partial charge on any atom is 0.338 e. The molecule has 1 aliphatic heterocycles. The molecule has 5 rings (SSSR count). The molecule has 10 heteroatoms. The monoisotopic (exact) mass is 520 g/mol. The second-order valence-electron chi connectivity index (χ2n) is 8.69. The average molecular weight is 522 g/mol. The van der Waals surface area contributed by atoms with Crippen LogP contribution < -0.4 is 10.2 Å². The fraction of sp³-hybridized carbons (Fsp3) is 0.333. The Bertz CT molecular complexity index is 1140. The zero-order valence-electron chi connectivity index (χ0n) is 17.6. The van der Waals surface area contributed by atoms with Crippen LogP contribution in [0, 0.1) is 23.7 Å². The molecule has 6 atom stereocenters. The van der Waals surface area contributed by atoms with Gasteiger partial charge in [0.2, 0.25) is 11.8 Å². The van der Waals surface area contributed by atoms with Gasteiger partial charge in [-0.3, -0.25) is 19.3 Å². The van der Waals surface area contributed by atoms with E-state index in [-0.39, 0.29) is 40.0 Å². The number of carbonyl (C=O) groups excluding carboxylic acids is 4. The smallest absolute Gasteiger partial charge is 0.338 e. The highest BCUT2D eigenvalue weighted by atomic mass is 35.5. The second-order valence-corrected chi connectivity index (χ2v) is 10.1. The normalized spacial score (nSPS) is 29.3. The molecule has 0 aromatic heterocycles. The lowest BCUT2D eigenvalue weighted by Crippen LogP contribution is -2.37. The molecule has 1 saturated heterocycles. The van der Waals surface area contributed by atoms with E-state index in [2.05, 4.69) is 5.32 Å². The Morgan fingerprint density at radius 3 is 2.03 bits per heavy atom. The number of fused-ring (bicyclic) bond motifs is 5. The van der Waals surface area contributed by atoms with E-state index in [4.69, 9.17) is 39.5 Å². The second kappa shape index (κ2) is 8.87. The molecule has 3 fully saturated rings. The van der Waals surface area contributed by atoms with Gasteiger partial charge in [-0.25, -0.2) is 4.79 Å². The summed E-state index contributed by atoms with van der Waals surface area (Å²) in [6.45, 7) is -0.475. The average Bonchev–Trinajstić information content (AvgIpc) is 3.44. The van der Waals surface area contributed by atoms with Crippen molar-refractivity contribution < 1.29 is 23.9 Å². The summed E-state index contributed by atoms with van der Waals surface area (Å²) in [4.78, 5) is 51.6. The van der Waals surface area contributed by atoms with Crippen molar-refractivity contribution in [2.75, 3.05) is 16.8 Å². The number of hydrogen-bond donors (Lipinski definition) is 1. The Balaban J connectivity index is 1.21. The van der Waals surface area contributed by atoms with E-state index in [1.165, 1.54) is 29.2 Å². The maximum absolute atomic E-state index is 13.1. The lowest BCUT2D eigenvalue weighted by molar-refractivity contribution is -0.123. The molecule has 1 heterocycles. The molecule has 1 N–H and O–H groups in total. The first kappa shape index (κ1) is 23.1. The van der Waals surface area contributed by atoms with Gasteiger partial charge in [-0.2, -0.15) is 0 Å². The van der Waals surface area contributed by atoms with Gasteiger partial charge in [-0.1, -0.05) is 11.6 Å². The van der Waals surface area contributed by atoms with Crippen molar-refractivity contribution in [3.63, 3.8) is 0 Å². The van der Waals surface area contributed by atoms with Gasteiger partial charge in [0, 0.05) is 10.7 Å². The van der Waals surface area contributed by atoms with Crippen LogP contribution in [0.1, 0.15) is 16.8 Å². The Labute approximate surface area is 210 Å². The number of imide groups is 1. The first-order valence-corrected chi connectivity index (χ1v) is 12.0. The third-order valence-electron chi connectivity index (χ3n) is 6.81. The molecule has 176 valence electrons. The number of halogens is 3. The van der Waals surface area contributed by atoms with Crippen molar-refractivity contribution in [2.45, 2.75) is 17.2 Å². The van der Waals surface area contributed by atoms with Crippen LogP contribution in [-0.2, 0) is 19.1 Å². The zero-order chi connectivity index (χ0) is 24.1. The number of ether oxygens (including phenoxy) is 1. The van der Waals surface area contributed by atoms with Gasteiger partial charge in [0.25, 0.3) is 5.91 Å². The lowest BCUT2D eigenvalue weighted by Gasteiger charge is -2.28. The molecule has 0 spiro atoms. The number of esters is 1. The summed E-state index contributed by atoms with van der Waals surface area (Å²) in [5.41, 5.74) is 1.08. The van der Waals surface area contributed by atoms with E-state index in [1.54, 1.807) is 24.3 Å². The largest absolute Gasteiger partial charge is 0.452 e. The van der Waals surface area contributed by atoms with Crippen LogP contribution in [0.3, 0.4) is 0 Å². The fourth-order valence-electron chi connectivity index (χ4n) is 5.29. The van der Waals surface area contributed by atoms with Crippen LogP contribution in [-0.4, -0.2) is 41.1 Å². The van der Waals surface area contributed by atoms with Crippen molar-refractivity contribution in [2.24, 2.45) is 23.7 Å². The van der Waals surface area contributed by atoms with Gasteiger partial charge in [0.15, 0.2) is 6.61 Å². The predicted octanol–water partition coefficient (Wildman–Crippen LogP) is 4.11. The van der Waals surface area contributed by atoms with Crippen molar-refractivity contribution in [3.8, 4) is 0 Å². The number of benzene rings is 2. The number of hydrogen-bond acceptors (Lipinski definition) is 5. The summed E-state index contributed by atoms with van der Waals surface area (Å²) in [6.07, 6.45) is 0.694. The highest BCUT2D eigenvalue weighted by molar-refractivity contribution is 6.32. The lowest BCUT2D eigenvalue weighted by atomic mass is 9.80. The van der Waals surface area contributed by atoms with Gasteiger partial charge in [-0.05, 0) is 66.8 Å². The molecule has 3 aliphatic rings. The highest BCUT2D eigenvalue weighted by Crippen LogP contribution is 2.59. The van der Waals surface area contributed by atoms with Crippen molar-refractivity contribution in [1.82, 2.24) is 0 Å². The van der Waals surface area contributed by atoms with Crippen molar-refractivity contribution in [3.05, 3.63) is 59.1 Å². The highest BCUT2D eigenvalue weighted by Gasteiger charge is 2.66.